The molecule has 2 fully saturated rings. The quantitative estimate of drug-likeness (QED) is 0.298. The molecular weight excluding hydrogens is 493 g/mol. The fraction of sp³-hybridized carbons (Fsp3) is 0.207. The second-order valence-electron chi connectivity index (χ2n) is 9.28. The first kappa shape index (κ1) is 23.9. The highest BCUT2D eigenvalue weighted by atomic mass is 19.1. The van der Waals surface area contributed by atoms with Gasteiger partial charge in [-0.15, -0.1) is 0 Å². The van der Waals surface area contributed by atoms with Crippen molar-refractivity contribution in [3.05, 3.63) is 101 Å². The Morgan fingerprint density at radius 3 is 2.11 bits per heavy atom. The number of esters is 1. The van der Waals surface area contributed by atoms with Crippen LogP contribution in [0.2, 0.25) is 0 Å². The molecule has 6 rings (SSSR count). The maximum absolute atomic E-state index is 15.0. The number of amides is 2. The van der Waals surface area contributed by atoms with Crippen LogP contribution in [0.3, 0.4) is 0 Å². The van der Waals surface area contributed by atoms with Crippen LogP contribution in [0, 0.1) is 17.7 Å². The number of nitrogens with zero attached hydrogens (tertiary/aromatic N) is 1. The molecule has 3 aromatic rings. The van der Waals surface area contributed by atoms with Gasteiger partial charge in [0.15, 0.2) is 0 Å². The van der Waals surface area contributed by atoms with E-state index < -0.39 is 58.7 Å². The molecular formula is C29H20FNO7. The van der Waals surface area contributed by atoms with Gasteiger partial charge in [0.25, 0.3) is 0 Å². The molecule has 0 unspecified atom stereocenters. The molecule has 0 saturated carbocycles. The summed E-state index contributed by atoms with van der Waals surface area (Å²) in [6.07, 6.45) is -1.36. The molecule has 8 nitrogen and oxygen atoms in total. The van der Waals surface area contributed by atoms with E-state index in [4.69, 9.17) is 9.47 Å². The molecule has 0 aromatic heterocycles. The van der Waals surface area contributed by atoms with E-state index in [1.54, 1.807) is 25.1 Å². The highest BCUT2D eigenvalue weighted by molar-refractivity contribution is 6.37. The fourth-order valence-electron chi connectivity index (χ4n) is 5.72. The van der Waals surface area contributed by atoms with Gasteiger partial charge < -0.3 is 9.47 Å². The number of rotatable bonds is 4. The van der Waals surface area contributed by atoms with Crippen molar-refractivity contribution in [2.24, 2.45) is 11.8 Å². The number of hydrogen-bond donors (Lipinski definition) is 0. The summed E-state index contributed by atoms with van der Waals surface area (Å²) in [5, 5.41) is 0. The summed E-state index contributed by atoms with van der Waals surface area (Å²) in [6.45, 7) is 1.84. The monoisotopic (exact) mass is 513 g/mol. The van der Waals surface area contributed by atoms with Gasteiger partial charge in [0.2, 0.25) is 29.0 Å². The first-order chi connectivity index (χ1) is 18.3. The molecule has 3 aromatic carbocycles. The van der Waals surface area contributed by atoms with Crippen molar-refractivity contribution in [2.45, 2.75) is 18.6 Å². The number of fused-ring (bicyclic) bond motifs is 3. The van der Waals surface area contributed by atoms with Crippen LogP contribution in [0.5, 0.6) is 0 Å². The van der Waals surface area contributed by atoms with E-state index >= 15 is 0 Å². The van der Waals surface area contributed by atoms with E-state index in [1.807, 2.05) is 0 Å². The molecule has 2 amide bonds. The Labute approximate surface area is 216 Å². The third kappa shape index (κ3) is 3.08. The first-order valence-corrected chi connectivity index (χ1v) is 12.1. The van der Waals surface area contributed by atoms with Gasteiger partial charge in [-0.25, -0.2) is 14.1 Å². The molecule has 9 heteroatoms. The van der Waals surface area contributed by atoms with E-state index in [0.717, 1.165) is 4.90 Å². The molecule has 2 aliphatic heterocycles. The van der Waals surface area contributed by atoms with Crippen molar-refractivity contribution in [3.63, 3.8) is 0 Å². The zero-order chi connectivity index (χ0) is 26.8. The molecule has 2 saturated heterocycles. The Bertz CT molecular complexity index is 1510. The minimum atomic E-state index is -2.30. The maximum Gasteiger partial charge on any atom is 0.338 e. The van der Waals surface area contributed by atoms with Gasteiger partial charge in [-0.05, 0) is 37.3 Å². The lowest BCUT2D eigenvalue weighted by Crippen LogP contribution is -2.51. The summed E-state index contributed by atoms with van der Waals surface area (Å²) in [4.78, 5) is 68.2. The number of halogens is 1. The van der Waals surface area contributed by atoms with Gasteiger partial charge in [0.05, 0.1) is 35.8 Å². The average molecular weight is 513 g/mol. The van der Waals surface area contributed by atoms with Crippen molar-refractivity contribution in [1.29, 1.82) is 0 Å². The Balaban J connectivity index is 1.48. The van der Waals surface area contributed by atoms with Crippen molar-refractivity contribution < 1.29 is 37.8 Å². The number of carbonyl (C=O) groups excluding carboxylic acids is 5. The van der Waals surface area contributed by atoms with Crippen LogP contribution >= 0.6 is 0 Å². The van der Waals surface area contributed by atoms with E-state index in [2.05, 4.69) is 0 Å². The zero-order valence-corrected chi connectivity index (χ0v) is 20.1. The Morgan fingerprint density at radius 2 is 1.50 bits per heavy atom. The highest BCUT2D eigenvalue weighted by Crippen LogP contribution is 2.57. The number of imide groups is 1. The second-order valence-corrected chi connectivity index (χ2v) is 9.28. The lowest BCUT2D eigenvalue weighted by molar-refractivity contribution is -0.127. The lowest BCUT2D eigenvalue weighted by Gasteiger charge is -2.27. The van der Waals surface area contributed by atoms with Crippen molar-refractivity contribution in [1.82, 2.24) is 0 Å². The summed E-state index contributed by atoms with van der Waals surface area (Å²) in [5.74, 6) is -7.09. The minimum absolute atomic E-state index is 0.0309. The van der Waals surface area contributed by atoms with Crippen LogP contribution in [0.1, 0.15) is 49.7 Å². The Morgan fingerprint density at radius 1 is 0.895 bits per heavy atom. The van der Waals surface area contributed by atoms with E-state index in [9.17, 15) is 28.4 Å². The van der Waals surface area contributed by atoms with Crippen LogP contribution in [0.15, 0.2) is 72.8 Å². The summed E-state index contributed by atoms with van der Waals surface area (Å²) in [7, 11) is 0. The van der Waals surface area contributed by atoms with Crippen LogP contribution in [0.25, 0.3) is 0 Å². The maximum atomic E-state index is 15.0. The normalized spacial score (nSPS) is 23.2. The summed E-state index contributed by atoms with van der Waals surface area (Å²) >= 11 is 0. The van der Waals surface area contributed by atoms with Crippen LogP contribution in [0.4, 0.5) is 10.1 Å². The van der Waals surface area contributed by atoms with Crippen molar-refractivity contribution in [2.75, 3.05) is 11.5 Å². The number of anilines is 1. The number of ether oxygens (including phenoxy) is 2. The van der Waals surface area contributed by atoms with Crippen LogP contribution < -0.4 is 4.90 Å². The lowest BCUT2D eigenvalue weighted by atomic mass is 9.77. The predicted octanol–water partition coefficient (Wildman–Crippen LogP) is 3.70. The molecule has 0 radical (unpaired) electrons. The van der Waals surface area contributed by atoms with Crippen molar-refractivity contribution in [3.8, 4) is 0 Å². The Hall–Kier alpha value is -4.50. The zero-order valence-electron chi connectivity index (χ0n) is 20.1. The third-order valence-electron chi connectivity index (χ3n) is 7.37. The van der Waals surface area contributed by atoms with Gasteiger partial charge in [-0.2, -0.15) is 0 Å². The molecule has 3 atom stereocenters. The fourth-order valence-corrected chi connectivity index (χ4v) is 5.72. The third-order valence-corrected chi connectivity index (χ3v) is 7.37. The molecule has 0 bridgehead atoms. The number of Topliss-reactive ketones (excluding diaryl/α,β-unsaturated/α-hetero) is 2. The predicted molar refractivity (Wildman–Crippen MR) is 130 cm³/mol. The van der Waals surface area contributed by atoms with Gasteiger partial charge in [-0.3, -0.25) is 19.2 Å². The number of ketones is 2. The topological polar surface area (TPSA) is 107 Å². The van der Waals surface area contributed by atoms with Gasteiger partial charge in [-0.1, -0.05) is 42.5 Å². The smallest absolute Gasteiger partial charge is 0.338 e. The number of hydrogen-bond acceptors (Lipinski definition) is 7. The van der Waals surface area contributed by atoms with Crippen molar-refractivity contribution >= 4 is 35.0 Å². The molecule has 0 N–H and O–H groups in total. The minimum Gasteiger partial charge on any atom is -0.462 e. The first-order valence-electron chi connectivity index (χ1n) is 12.1. The van der Waals surface area contributed by atoms with E-state index in [1.165, 1.54) is 54.6 Å². The number of benzene rings is 3. The Kier molecular flexibility index (Phi) is 5.36. The molecule has 1 spiro atoms. The molecule has 2 heterocycles. The summed E-state index contributed by atoms with van der Waals surface area (Å²) in [5.41, 5.74) is -1.80. The van der Waals surface area contributed by atoms with E-state index in [-0.39, 0.29) is 34.5 Å². The second kappa shape index (κ2) is 8.53. The van der Waals surface area contributed by atoms with Gasteiger partial charge in [0.1, 0.15) is 5.82 Å². The summed E-state index contributed by atoms with van der Waals surface area (Å²) in [6, 6.07) is 17.3. The van der Waals surface area contributed by atoms with Crippen LogP contribution in [-0.2, 0) is 19.1 Å². The highest BCUT2D eigenvalue weighted by Gasteiger charge is 2.75. The van der Waals surface area contributed by atoms with E-state index in [0.29, 0.717) is 0 Å². The molecule has 38 heavy (non-hydrogen) atoms. The largest absolute Gasteiger partial charge is 0.462 e. The van der Waals surface area contributed by atoms with Gasteiger partial charge in [0, 0.05) is 16.7 Å². The van der Waals surface area contributed by atoms with Gasteiger partial charge >= 0.3 is 5.97 Å². The SMILES string of the molecule is CCOC(=O)c1ccc(N2C(=O)[C@@H]3[C@@H](C2=O)C2(O[C@H]3c3ccccc3F)C(=O)c3ccccc3C2=O)cc1. The number of carbonyl (C=O) groups is 5. The average Bonchev–Trinajstić information content (AvgIpc) is 3.49. The molecule has 190 valence electrons. The standard InChI is InChI=1S/C29H20FNO7/c1-2-37-28(36)15-11-13-16(14-12-15)31-26(34)21-22(27(31)35)29(38-23(21)19-9-5-6-10-20(19)30)24(32)17-7-3-4-8-18(17)25(29)33/h3-14,21-23H,2H2,1H3/t21-,22+,23+/m1/s1. The molecule has 1 aliphatic carbocycles. The van der Waals surface area contributed by atoms with Crippen LogP contribution in [-0.4, -0.2) is 41.6 Å². The molecule has 3 aliphatic rings. The summed E-state index contributed by atoms with van der Waals surface area (Å²) < 4.78 is 26.0.